The van der Waals surface area contributed by atoms with E-state index in [1.54, 1.807) is 68.4 Å². The molecule has 6 rings (SSSR count). The Morgan fingerprint density at radius 3 is 2.43 bits per heavy atom. The number of alkyl halides is 3. The van der Waals surface area contributed by atoms with Gasteiger partial charge in [-0.3, -0.25) is 19.0 Å². The first-order valence-corrected chi connectivity index (χ1v) is 13.3. The molecule has 0 fully saturated rings. The number of aromatic nitrogens is 6. The van der Waals surface area contributed by atoms with Crippen LogP contribution in [0.25, 0.3) is 43.5 Å². The number of thiophene rings is 1. The molecule has 6 aromatic rings. The number of nitrogens with zero attached hydrogens (tertiary/aromatic N) is 6. The third kappa shape index (κ3) is 4.55. The van der Waals surface area contributed by atoms with E-state index in [1.165, 1.54) is 10.9 Å². The van der Waals surface area contributed by atoms with E-state index in [1.807, 2.05) is 0 Å². The molecule has 0 bridgehead atoms. The number of aryl methyl sites for hydroxylation is 2. The molecule has 212 valence electrons. The molecular weight excluding hydrogens is 569 g/mol. The van der Waals surface area contributed by atoms with Crippen LogP contribution in [-0.4, -0.2) is 41.3 Å². The number of nitrogens with two attached hydrogens (primary N) is 1. The van der Waals surface area contributed by atoms with E-state index in [0.29, 0.717) is 44.8 Å². The van der Waals surface area contributed by atoms with Crippen molar-refractivity contribution in [3.8, 4) is 22.4 Å². The maximum absolute atomic E-state index is 14.0. The number of carbonyl (C=O) groups excluding carboxylic acids is 2. The van der Waals surface area contributed by atoms with Crippen LogP contribution < -0.4 is 11.1 Å². The summed E-state index contributed by atoms with van der Waals surface area (Å²) in [5, 5.41) is 11.8. The fraction of sp³-hybridized carbons (Fsp3) is 0.143. The number of anilines is 1. The van der Waals surface area contributed by atoms with Crippen molar-refractivity contribution in [1.82, 2.24) is 29.5 Å². The molecule has 0 saturated heterocycles. The van der Waals surface area contributed by atoms with Gasteiger partial charge in [-0.25, -0.2) is 9.97 Å². The molecule has 5 heterocycles. The predicted octanol–water partition coefficient (Wildman–Crippen LogP) is 5.32. The van der Waals surface area contributed by atoms with Gasteiger partial charge < -0.3 is 11.1 Å². The van der Waals surface area contributed by atoms with E-state index in [4.69, 9.17) is 5.73 Å². The van der Waals surface area contributed by atoms with Crippen molar-refractivity contribution in [1.29, 1.82) is 0 Å². The maximum Gasteiger partial charge on any atom is 0.433 e. The second-order valence-corrected chi connectivity index (χ2v) is 10.6. The topological polar surface area (TPSA) is 134 Å². The van der Waals surface area contributed by atoms with Gasteiger partial charge in [0, 0.05) is 47.9 Å². The zero-order chi connectivity index (χ0) is 29.9. The predicted molar refractivity (Wildman–Crippen MR) is 152 cm³/mol. The number of benzene rings is 1. The quantitative estimate of drug-likeness (QED) is 0.279. The Labute approximate surface area is 239 Å². The summed E-state index contributed by atoms with van der Waals surface area (Å²) < 4.78 is 44.8. The summed E-state index contributed by atoms with van der Waals surface area (Å²) >= 11 is 0.676. The van der Waals surface area contributed by atoms with E-state index < -0.39 is 23.7 Å². The Kier molecular flexibility index (Phi) is 6.30. The second-order valence-electron chi connectivity index (χ2n) is 9.60. The highest BCUT2D eigenvalue weighted by atomic mass is 32.1. The maximum atomic E-state index is 14.0. The van der Waals surface area contributed by atoms with E-state index in [9.17, 15) is 22.8 Å². The Morgan fingerprint density at radius 1 is 1.02 bits per heavy atom. The first-order valence-electron chi connectivity index (χ1n) is 12.5. The lowest BCUT2D eigenvalue weighted by molar-refractivity contribution is -0.140. The molecule has 0 atom stereocenters. The van der Waals surface area contributed by atoms with Crippen molar-refractivity contribution in [2.24, 2.45) is 19.8 Å². The summed E-state index contributed by atoms with van der Waals surface area (Å²) in [6.45, 7) is 1.70. The lowest BCUT2D eigenvalue weighted by atomic mass is 10.0. The minimum Gasteiger partial charge on any atom is -0.365 e. The van der Waals surface area contributed by atoms with Crippen LogP contribution in [-0.2, 0) is 20.3 Å². The molecule has 2 amide bonds. The number of halogens is 3. The summed E-state index contributed by atoms with van der Waals surface area (Å²) in [5.41, 5.74) is 7.47. The molecule has 10 nitrogen and oxygen atoms in total. The fourth-order valence-corrected chi connectivity index (χ4v) is 5.76. The molecule has 3 N–H and O–H groups in total. The molecule has 0 aliphatic carbocycles. The molecule has 0 unspecified atom stereocenters. The SMILES string of the molecule is Cc1c(-c2cc(C(F)(F)F)nc3sc(C(N)=O)c(NC(=O)c4cc(-c5cnn(C)c5)nc5ccccc45)c23)cnn1C. The van der Waals surface area contributed by atoms with Crippen molar-refractivity contribution in [3.63, 3.8) is 0 Å². The lowest BCUT2D eigenvalue weighted by Gasteiger charge is -2.13. The van der Waals surface area contributed by atoms with Crippen LogP contribution in [0.4, 0.5) is 18.9 Å². The number of carbonyl (C=O) groups is 2. The first kappa shape index (κ1) is 27.1. The molecule has 0 aliphatic heterocycles. The number of amides is 2. The van der Waals surface area contributed by atoms with Crippen LogP contribution >= 0.6 is 11.3 Å². The summed E-state index contributed by atoms with van der Waals surface area (Å²) in [5.74, 6) is -1.54. The third-order valence-electron chi connectivity index (χ3n) is 6.90. The highest BCUT2D eigenvalue weighted by molar-refractivity contribution is 7.21. The zero-order valence-corrected chi connectivity index (χ0v) is 23.1. The molecule has 0 aliphatic rings. The lowest BCUT2D eigenvalue weighted by Crippen LogP contribution is -2.17. The van der Waals surface area contributed by atoms with Crippen molar-refractivity contribution < 1.29 is 22.8 Å². The van der Waals surface area contributed by atoms with Gasteiger partial charge in [0.1, 0.15) is 15.4 Å². The van der Waals surface area contributed by atoms with Crippen molar-refractivity contribution in [2.75, 3.05) is 5.32 Å². The minimum atomic E-state index is -4.77. The fourth-order valence-electron chi connectivity index (χ4n) is 4.76. The van der Waals surface area contributed by atoms with Gasteiger partial charge in [0.2, 0.25) is 0 Å². The van der Waals surface area contributed by atoms with Gasteiger partial charge in [-0.1, -0.05) is 18.2 Å². The van der Waals surface area contributed by atoms with Gasteiger partial charge in [-0.2, -0.15) is 23.4 Å². The van der Waals surface area contributed by atoms with Crippen LogP contribution in [0.15, 0.2) is 55.0 Å². The third-order valence-corrected chi connectivity index (χ3v) is 8.00. The largest absolute Gasteiger partial charge is 0.433 e. The molecule has 14 heteroatoms. The monoisotopic (exact) mass is 590 g/mol. The van der Waals surface area contributed by atoms with E-state index in [0.717, 1.165) is 6.07 Å². The van der Waals surface area contributed by atoms with Gasteiger partial charge in [-0.05, 0) is 30.7 Å². The number of hydrogen-bond acceptors (Lipinski definition) is 7. The molecule has 0 saturated carbocycles. The number of nitrogens with one attached hydrogen (secondary N) is 1. The highest BCUT2D eigenvalue weighted by Crippen LogP contribution is 2.44. The molecular formula is C28H21F3N8O2S. The standard InChI is InChI=1S/C28H21F3N8O2S/c1-13-18(11-34-39(13)3)16-9-21(28(29,30)31)36-27-22(16)23(24(42-27)25(32)40)37-26(41)17-8-20(14-10-33-38(2)12-14)35-19-7-5-4-6-15(17)19/h4-12H,1-3H3,(H2,32,40)(H,37,41). The highest BCUT2D eigenvalue weighted by Gasteiger charge is 2.35. The molecule has 0 spiro atoms. The van der Waals surface area contributed by atoms with Crippen LogP contribution in [0.5, 0.6) is 0 Å². The van der Waals surface area contributed by atoms with Crippen LogP contribution in [0, 0.1) is 6.92 Å². The average molecular weight is 591 g/mol. The number of primary amides is 1. The molecule has 0 radical (unpaired) electrons. The second kappa shape index (κ2) is 9.76. The Bertz CT molecular complexity index is 2060. The molecule has 5 aromatic heterocycles. The van der Waals surface area contributed by atoms with Crippen LogP contribution in [0.1, 0.15) is 31.4 Å². The number of para-hydroxylation sites is 1. The number of hydrogen-bond donors (Lipinski definition) is 2. The van der Waals surface area contributed by atoms with Crippen molar-refractivity contribution in [3.05, 3.63) is 76.8 Å². The van der Waals surface area contributed by atoms with Crippen molar-refractivity contribution >= 4 is 50.0 Å². The molecule has 42 heavy (non-hydrogen) atoms. The van der Waals surface area contributed by atoms with E-state index in [2.05, 4.69) is 25.5 Å². The summed E-state index contributed by atoms with van der Waals surface area (Å²) in [7, 11) is 3.41. The van der Waals surface area contributed by atoms with Crippen LogP contribution in [0.3, 0.4) is 0 Å². The van der Waals surface area contributed by atoms with E-state index in [-0.39, 0.29) is 31.9 Å². The zero-order valence-electron chi connectivity index (χ0n) is 22.3. The van der Waals surface area contributed by atoms with Gasteiger partial charge >= 0.3 is 6.18 Å². The Hall–Kier alpha value is -5.11. The van der Waals surface area contributed by atoms with Gasteiger partial charge in [0.05, 0.1) is 34.9 Å². The smallest absolute Gasteiger partial charge is 0.365 e. The number of pyridine rings is 2. The average Bonchev–Trinajstić information content (AvgIpc) is 3.64. The normalized spacial score (nSPS) is 11.9. The van der Waals surface area contributed by atoms with E-state index >= 15 is 0 Å². The summed E-state index contributed by atoms with van der Waals surface area (Å²) in [6, 6.07) is 9.51. The number of rotatable bonds is 5. The van der Waals surface area contributed by atoms with Gasteiger partial charge in [0.15, 0.2) is 0 Å². The Balaban J connectivity index is 1.58. The van der Waals surface area contributed by atoms with Crippen LogP contribution in [0.2, 0.25) is 0 Å². The Morgan fingerprint density at radius 2 is 1.79 bits per heavy atom. The van der Waals surface area contributed by atoms with Gasteiger partial charge in [0.25, 0.3) is 11.8 Å². The summed E-state index contributed by atoms with van der Waals surface area (Å²) in [4.78, 5) is 34.7. The first-order chi connectivity index (χ1) is 19.9. The summed E-state index contributed by atoms with van der Waals surface area (Å²) in [6.07, 6.45) is 0.0254. The minimum absolute atomic E-state index is 0.0317. The molecule has 1 aromatic carbocycles. The number of fused-ring (bicyclic) bond motifs is 2. The van der Waals surface area contributed by atoms with Gasteiger partial charge in [-0.15, -0.1) is 11.3 Å². The van der Waals surface area contributed by atoms with Crippen molar-refractivity contribution in [2.45, 2.75) is 13.1 Å².